The Morgan fingerprint density at radius 1 is 0.197 bits per heavy atom. The molecule has 0 atom stereocenters. The van der Waals surface area contributed by atoms with Gasteiger partial charge in [0, 0.05) is 10.8 Å². The standard InChI is InChI=1S/C60H38O/c1-4-14-39(15-5-1)41-24-26-43(27-25-41)59-52-31-28-44(40-16-6-2-7-17-40)37-56(52)60(51-34-33-47(42-18-8-3-9-19-42)48-20-10-11-21-49(48)51)53-32-29-45(38-55(53)59)46-30-35-58-54(36-46)50-22-12-13-23-57(50)61-58/h1-38H. The highest BCUT2D eigenvalue weighted by Gasteiger charge is 2.21. The Hall–Kier alpha value is -8.00. The van der Waals surface area contributed by atoms with Gasteiger partial charge in [-0.25, -0.2) is 0 Å². The molecule has 0 aliphatic heterocycles. The Kier molecular flexibility index (Phi) is 8.25. The largest absolute Gasteiger partial charge is 0.456 e. The maximum atomic E-state index is 6.26. The third-order valence-corrected chi connectivity index (χ3v) is 12.5. The van der Waals surface area contributed by atoms with Crippen LogP contribution in [0, 0.1) is 0 Å². The minimum Gasteiger partial charge on any atom is -0.456 e. The number of rotatable bonds is 6. The molecular weight excluding hydrogens is 737 g/mol. The van der Waals surface area contributed by atoms with Gasteiger partial charge in [0.25, 0.3) is 0 Å². The molecule has 0 saturated heterocycles. The number of para-hydroxylation sites is 1. The van der Waals surface area contributed by atoms with Crippen LogP contribution in [0.4, 0.5) is 0 Å². The van der Waals surface area contributed by atoms with Gasteiger partial charge in [0.1, 0.15) is 11.2 Å². The molecule has 0 saturated carbocycles. The lowest BCUT2D eigenvalue weighted by Crippen LogP contribution is -1.94. The van der Waals surface area contributed by atoms with Crippen molar-refractivity contribution in [3.05, 3.63) is 231 Å². The second-order valence-corrected chi connectivity index (χ2v) is 16.0. The summed E-state index contributed by atoms with van der Waals surface area (Å²) >= 11 is 0. The summed E-state index contributed by atoms with van der Waals surface area (Å²) in [6.07, 6.45) is 0. The molecule has 11 aromatic carbocycles. The van der Waals surface area contributed by atoms with E-state index in [0.29, 0.717) is 0 Å². The van der Waals surface area contributed by atoms with E-state index in [4.69, 9.17) is 4.42 Å². The fourth-order valence-electron chi connectivity index (χ4n) is 9.57. The van der Waals surface area contributed by atoms with Crippen molar-refractivity contribution < 1.29 is 4.42 Å². The lowest BCUT2D eigenvalue weighted by molar-refractivity contribution is 0.669. The third kappa shape index (κ3) is 5.93. The van der Waals surface area contributed by atoms with E-state index < -0.39 is 0 Å². The fourth-order valence-corrected chi connectivity index (χ4v) is 9.57. The smallest absolute Gasteiger partial charge is 0.135 e. The van der Waals surface area contributed by atoms with Crippen LogP contribution < -0.4 is 0 Å². The van der Waals surface area contributed by atoms with E-state index in [9.17, 15) is 0 Å². The highest BCUT2D eigenvalue weighted by molar-refractivity contribution is 6.25. The molecule has 0 unspecified atom stereocenters. The van der Waals surface area contributed by atoms with E-state index in [1.807, 2.05) is 12.1 Å². The first-order valence-corrected chi connectivity index (χ1v) is 21.0. The summed E-state index contributed by atoms with van der Waals surface area (Å²) in [5, 5.41) is 9.62. The van der Waals surface area contributed by atoms with Crippen molar-refractivity contribution in [3.63, 3.8) is 0 Å². The highest BCUT2D eigenvalue weighted by Crippen LogP contribution is 2.48. The quantitative estimate of drug-likeness (QED) is 0.153. The lowest BCUT2D eigenvalue weighted by Gasteiger charge is -2.21. The van der Waals surface area contributed by atoms with Gasteiger partial charge in [0.2, 0.25) is 0 Å². The summed E-state index contributed by atoms with van der Waals surface area (Å²) in [5.74, 6) is 0. The third-order valence-electron chi connectivity index (χ3n) is 12.5. The zero-order valence-electron chi connectivity index (χ0n) is 33.3. The minimum atomic E-state index is 0.901. The summed E-state index contributed by atoms with van der Waals surface area (Å²) in [6, 6.07) is 84.0. The van der Waals surface area contributed by atoms with Crippen molar-refractivity contribution in [3.8, 4) is 66.8 Å². The summed E-state index contributed by atoms with van der Waals surface area (Å²) in [6.45, 7) is 0. The summed E-state index contributed by atoms with van der Waals surface area (Å²) in [7, 11) is 0. The van der Waals surface area contributed by atoms with E-state index in [2.05, 4.69) is 218 Å². The van der Waals surface area contributed by atoms with Gasteiger partial charge < -0.3 is 4.42 Å². The fraction of sp³-hybridized carbons (Fsp3) is 0. The maximum absolute atomic E-state index is 6.26. The molecule has 0 fully saturated rings. The van der Waals surface area contributed by atoms with Crippen molar-refractivity contribution in [2.45, 2.75) is 0 Å². The summed E-state index contributed by atoms with van der Waals surface area (Å²) < 4.78 is 6.26. The molecule has 0 spiro atoms. The highest BCUT2D eigenvalue weighted by atomic mass is 16.3. The molecule has 0 N–H and O–H groups in total. The molecular formula is C60H38O. The van der Waals surface area contributed by atoms with Crippen LogP contribution in [-0.2, 0) is 0 Å². The van der Waals surface area contributed by atoms with Gasteiger partial charge in [-0.2, -0.15) is 0 Å². The first-order chi connectivity index (χ1) is 30.2. The maximum Gasteiger partial charge on any atom is 0.135 e. The van der Waals surface area contributed by atoms with Gasteiger partial charge in [0.15, 0.2) is 0 Å². The van der Waals surface area contributed by atoms with Gasteiger partial charge >= 0.3 is 0 Å². The molecule has 284 valence electrons. The Morgan fingerprint density at radius 3 is 1.28 bits per heavy atom. The van der Waals surface area contributed by atoms with E-state index in [-0.39, 0.29) is 0 Å². The normalized spacial score (nSPS) is 11.6. The van der Waals surface area contributed by atoms with Gasteiger partial charge in [-0.1, -0.05) is 200 Å². The van der Waals surface area contributed by atoms with Crippen LogP contribution in [-0.4, -0.2) is 0 Å². The number of furan rings is 1. The number of hydrogen-bond acceptors (Lipinski definition) is 1. The van der Waals surface area contributed by atoms with Crippen molar-refractivity contribution in [1.29, 1.82) is 0 Å². The Labute approximate surface area is 354 Å². The average Bonchev–Trinajstić information content (AvgIpc) is 3.72. The lowest BCUT2D eigenvalue weighted by atomic mass is 9.82. The Morgan fingerprint density at radius 2 is 0.607 bits per heavy atom. The van der Waals surface area contributed by atoms with E-state index in [1.165, 1.54) is 88.0 Å². The van der Waals surface area contributed by atoms with E-state index in [0.717, 1.165) is 33.1 Å². The molecule has 61 heavy (non-hydrogen) atoms. The molecule has 0 aliphatic rings. The minimum absolute atomic E-state index is 0.901. The second kappa shape index (κ2) is 14.4. The van der Waals surface area contributed by atoms with Crippen LogP contribution in [0.3, 0.4) is 0 Å². The Balaban J connectivity index is 1.18. The molecule has 12 rings (SSSR count). The van der Waals surface area contributed by atoms with Gasteiger partial charge in [-0.15, -0.1) is 0 Å². The van der Waals surface area contributed by atoms with Crippen LogP contribution >= 0.6 is 0 Å². The second-order valence-electron chi connectivity index (χ2n) is 16.0. The molecule has 0 radical (unpaired) electrons. The van der Waals surface area contributed by atoms with Gasteiger partial charge in [-0.05, 0) is 129 Å². The molecule has 1 nitrogen and oxygen atoms in total. The monoisotopic (exact) mass is 774 g/mol. The molecule has 0 bridgehead atoms. The number of hydrogen-bond donors (Lipinski definition) is 0. The van der Waals surface area contributed by atoms with Crippen molar-refractivity contribution in [1.82, 2.24) is 0 Å². The van der Waals surface area contributed by atoms with Crippen molar-refractivity contribution in [2.75, 3.05) is 0 Å². The van der Waals surface area contributed by atoms with Gasteiger partial charge in [0.05, 0.1) is 0 Å². The SMILES string of the molecule is c1ccc(-c2ccc(-c3c4cc(-c5ccc6oc7ccccc7c6c5)ccc4c(-c4ccc(-c5ccccc5)c5ccccc45)c4cc(-c5ccccc5)ccc34)cc2)cc1. The molecule has 1 heteroatoms. The number of fused-ring (bicyclic) bond motifs is 6. The zero-order chi connectivity index (χ0) is 40.3. The van der Waals surface area contributed by atoms with Crippen LogP contribution in [0.15, 0.2) is 235 Å². The first-order valence-electron chi connectivity index (χ1n) is 21.0. The summed E-state index contributed by atoms with van der Waals surface area (Å²) in [5.41, 5.74) is 16.3. The summed E-state index contributed by atoms with van der Waals surface area (Å²) in [4.78, 5) is 0. The van der Waals surface area contributed by atoms with E-state index >= 15 is 0 Å². The molecule has 12 aromatic rings. The van der Waals surface area contributed by atoms with Crippen molar-refractivity contribution >= 4 is 54.3 Å². The van der Waals surface area contributed by atoms with Crippen LogP contribution in [0.25, 0.3) is 121 Å². The first kappa shape index (κ1) is 35.0. The molecule has 1 aromatic heterocycles. The number of benzene rings is 11. The predicted molar refractivity (Wildman–Crippen MR) is 259 cm³/mol. The van der Waals surface area contributed by atoms with Crippen LogP contribution in [0.1, 0.15) is 0 Å². The molecule has 0 aliphatic carbocycles. The predicted octanol–water partition coefficient (Wildman–Crippen LogP) is 17.0. The van der Waals surface area contributed by atoms with Crippen molar-refractivity contribution in [2.24, 2.45) is 0 Å². The van der Waals surface area contributed by atoms with Crippen LogP contribution in [0.5, 0.6) is 0 Å². The molecule has 0 amide bonds. The van der Waals surface area contributed by atoms with Gasteiger partial charge in [-0.3, -0.25) is 0 Å². The zero-order valence-corrected chi connectivity index (χ0v) is 33.3. The average molecular weight is 775 g/mol. The van der Waals surface area contributed by atoms with E-state index in [1.54, 1.807) is 0 Å². The Bertz CT molecular complexity index is 3600. The molecule has 1 heterocycles. The van der Waals surface area contributed by atoms with Crippen LogP contribution in [0.2, 0.25) is 0 Å². The topological polar surface area (TPSA) is 13.1 Å².